The SMILES string of the molecule is CCOCN1CCCN(c2ccc3nc(-c4ccc(F)c(F)c4)n(CC(=O)NC(C)(C)C)c(=O)c3c2)CC1. The van der Waals surface area contributed by atoms with Gasteiger partial charge in [-0.15, -0.1) is 0 Å². The van der Waals surface area contributed by atoms with Crippen LogP contribution in [0.15, 0.2) is 41.2 Å². The van der Waals surface area contributed by atoms with E-state index in [0.29, 0.717) is 24.2 Å². The summed E-state index contributed by atoms with van der Waals surface area (Å²) in [5.74, 6) is -2.35. The number of rotatable bonds is 7. The maximum atomic E-state index is 14.1. The Hall–Kier alpha value is -3.37. The highest BCUT2D eigenvalue weighted by Gasteiger charge is 2.21. The highest BCUT2D eigenvalue weighted by atomic mass is 19.2. The maximum Gasteiger partial charge on any atom is 0.262 e. The number of amides is 1. The van der Waals surface area contributed by atoms with Crippen LogP contribution in [0.3, 0.4) is 0 Å². The third-order valence-corrected chi connectivity index (χ3v) is 6.36. The highest BCUT2D eigenvalue weighted by molar-refractivity contribution is 5.84. The van der Waals surface area contributed by atoms with E-state index in [0.717, 1.165) is 50.4 Å². The number of halogens is 2. The van der Waals surface area contributed by atoms with Crippen LogP contribution in [0, 0.1) is 11.6 Å². The molecule has 204 valence electrons. The van der Waals surface area contributed by atoms with Crippen LogP contribution in [0.2, 0.25) is 0 Å². The lowest BCUT2D eigenvalue weighted by Gasteiger charge is -2.24. The van der Waals surface area contributed by atoms with Crippen LogP contribution in [0.5, 0.6) is 0 Å². The minimum atomic E-state index is -1.06. The van der Waals surface area contributed by atoms with Crippen LogP contribution in [0.25, 0.3) is 22.3 Å². The number of carbonyl (C=O) groups is 1. The Labute approximate surface area is 221 Å². The van der Waals surface area contributed by atoms with Crippen molar-refractivity contribution in [3.63, 3.8) is 0 Å². The van der Waals surface area contributed by atoms with E-state index in [1.54, 1.807) is 12.1 Å². The van der Waals surface area contributed by atoms with Crippen LogP contribution >= 0.6 is 0 Å². The minimum absolute atomic E-state index is 0.0968. The second kappa shape index (κ2) is 11.6. The van der Waals surface area contributed by atoms with Crippen molar-refractivity contribution < 1.29 is 18.3 Å². The van der Waals surface area contributed by atoms with Crippen molar-refractivity contribution >= 4 is 22.5 Å². The lowest BCUT2D eigenvalue weighted by molar-refractivity contribution is -0.123. The fraction of sp³-hybridized carbons (Fsp3) is 0.464. The number of fused-ring (bicyclic) bond motifs is 1. The van der Waals surface area contributed by atoms with Crippen molar-refractivity contribution in [1.29, 1.82) is 0 Å². The number of ether oxygens (including phenoxy) is 1. The Kier molecular flexibility index (Phi) is 8.42. The number of aromatic nitrogens is 2. The molecule has 1 N–H and O–H groups in total. The molecule has 0 unspecified atom stereocenters. The molecule has 8 nitrogen and oxygen atoms in total. The number of hydrogen-bond acceptors (Lipinski definition) is 6. The molecule has 1 aromatic heterocycles. The summed E-state index contributed by atoms with van der Waals surface area (Å²) in [4.78, 5) is 35.7. The van der Waals surface area contributed by atoms with Crippen molar-refractivity contribution in [3.05, 3.63) is 58.4 Å². The average molecular weight is 528 g/mol. The number of anilines is 1. The van der Waals surface area contributed by atoms with E-state index in [-0.39, 0.29) is 23.8 Å². The van der Waals surface area contributed by atoms with Crippen molar-refractivity contribution in [1.82, 2.24) is 19.8 Å². The van der Waals surface area contributed by atoms with E-state index in [4.69, 9.17) is 4.74 Å². The molecule has 0 atom stereocenters. The average Bonchev–Trinajstić information content (AvgIpc) is 3.10. The number of nitrogens with one attached hydrogen (secondary N) is 1. The molecule has 4 rings (SSSR count). The maximum absolute atomic E-state index is 14.1. The Morgan fingerprint density at radius 1 is 1.05 bits per heavy atom. The molecule has 0 saturated carbocycles. The lowest BCUT2D eigenvalue weighted by atomic mass is 10.1. The van der Waals surface area contributed by atoms with Crippen LogP contribution < -0.4 is 15.8 Å². The number of benzene rings is 2. The van der Waals surface area contributed by atoms with Gasteiger partial charge in [-0.05, 0) is 70.5 Å². The van der Waals surface area contributed by atoms with Crippen molar-refractivity contribution in [2.24, 2.45) is 0 Å². The van der Waals surface area contributed by atoms with Gasteiger partial charge in [-0.25, -0.2) is 13.8 Å². The molecule has 1 aliphatic rings. The van der Waals surface area contributed by atoms with E-state index in [9.17, 15) is 18.4 Å². The molecule has 2 aromatic carbocycles. The molecule has 0 spiro atoms. The molecule has 1 aliphatic heterocycles. The summed E-state index contributed by atoms with van der Waals surface area (Å²) in [6, 6.07) is 8.80. The molecule has 1 fully saturated rings. The normalized spacial score (nSPS) is 15.1. The van der Waals surface area contributed by atoms with Crippen LogP contribution in [0.1, 0.15) is 34.1 Å². The zero-order valence-electron chi connectivity index (χ0n) is 22.4. The van der Waals surface area contributed by atoms with Gasteiger partial charge in [0.1, 0.15) is 12.4 Å². The van der Waals surface area contributed by atoms with Gasteiger partial charge in [0.2, 0.25) is 5.91 Å². The standard InChI is InChI=1S/C28H35F2N5O3/c1-5-38-18-33-11-6-12-34(14-13-33)20-8-10-24-21(16-20)27(37)35(17-25(36)32-28(2,3)4)26(31-24)19-7-9-22(29)23(30)15-19/h7-10,15-16H,5-6,11-14,17-18H2,1-4H3,(H,32,36). The predicted octanol–water partition coefficient (Wildman–Crippen LogP) is 3.76. The van der Waals surface area contributed by atoms with Crippen molar-refractivity contribution in [2.75, 3.05) is 44.4 Å². The van der Waals surface area contributed by atoms with Crippen LogP contribution in [-0.4, -0.2) is 65.4 Å². The summed E-state index contributed by atoms with van der Waals surface area (Å²) in [7, 11) is 0. The molecule has 1 amide bonds. The molecule has 38 heavy (non-hydrogen) atoms. The van der Waals surface area contributed by atoms with Gasteiger partial charge in [0, 0.05) is 49.6 Å². The molecular weight excluding hydrogens is 492 g/mol. The summed E-state index contributed by atoms with van der Waals surface area (Å²) < 4.78 is 34.5. The van der Waals surface area contributed by atoms with E-state index in [1.165, 1.54) is 10.6 Å². The zero-order valence-corrected chi connectivity index (χ0v) is 22.4. The lowest BCUT2D eigenvalue weighted by Crippen LogP contribution is -2.43. The fourth-order valence-electron chi connectivity index (χ4n) is 4.59. The summed E-state index contributed by atoms with van der Waals surface area (Å²) in [5, 5.41) is 3.20. The first-order valence-electron chi connectivity index (χ1n) is 12.9. The largest absolute Gasteiger partial charge is 0.370 e. The van der Waals surface area contributed by atoms with Gasteiger partial charge in [-0.3, -0.25) is 19.1 Å². The Balaban J connectivity index is 1.74. The van der Waals surface area contributed by atoms with E-state index < -0.39 is 22.7 Å². The number of carbonyl (C=O) groups excluding carboxylic acids is 1. The van der Waals surface area contributed by atoms with Crippen LogP contribution in [-0.2, 0) is 16.1 Å². The summed E-state index contributed by atoms with van der Waals surface area (Å²) in [5.41, 5.74) is 0.578. The number of hydrogen-bond donors (Lipinski definition) is 1. The zero-order chi connectivity index (χ0) is 27.4. The highest BCUT2D eigenvalue weighted by Crippen LogP contribution is 2.25. The fourth-order valence-corrected chi connectivity index (χ4v) is 4.59. The molecule has 0 bridgehead atoms. The van der Waals surface area contributed by atoms with E-state index in [1.807, 2.05) is 33.8 Å². The first-order chi connectivity index (χ1) is 18.1. The molecule has 3 aromatic rings. The van der Waals surface area contributed by atoms with E-state index in [2.05, 4.69) is 20.1 Å². The van der Waals surface area contributed by atoms with Gasteiger partial charge in [-0.2, -0.15) is 0 Å². The quantitative estimate of drug-likeness (QED) is 0.504. The van der Waals surface area contributed by atoms with E-state index >= 15 is 0 Å². The van der Waals surface area contributed by atoms with Gasteiger partial charge in [-0.1, -0.05) is 0 Å². The van der Waals surface area contributed by atoms with Crippen molar-refractivity contribution in [2.45, 2.75) is 46.2 Å². The monoisotopic (exact) mass is 527 g/mol. The van der Waals surface area contributed by atoms with Gasteiger partial charge in [0.05, 0.1) is 17.6 Å². The van der Waals surface area contributed by atoms with Gasteiger partial charge in [0.25, 0.3) is 5.56 Å². The van der Waals surface area contributed by atoms with Gasteiger partial charge in [0.15, 0.2) is 11.6 Å². The third kappa shape index (κ3) is 6.54. The molecule has 1 saturated heterocycles. The van der Waals surface area contributed by atoms with Crippen LogP contribution in [0.4, 0.5) is 14.5 Å². The Morgan fingerprint density at radius 3 is 2.55 bits per heavy atom. The Bertz CT molecular complexity index is 1370. The number of nitrogens with zero attached hydrogens (tertiary/aromatic N) is 4. The molecule has 0 radical (unpaired) electrons. The van der Waals surface area contributed by atoms with Gasteiger partial charge >= 0.3 is 0 Å². The second-order valence-corrected chi connectivity index (χ2v) is 10.5. The predicted molar refractivity (Wildman–Crippen MR) is 144 cm³/mol. The summed E-state index contributed by atoms with van der Waals surface area (Å²) in [6.45, 7) is 11.8. The topological polar surface area (TPSA) is 79.7 Å². The molecule has 10 heteroatoms. The first kappa shape index (κ1) is 27.7. The van der Waals surface area contributed by atoms with Crippen molar-refractivity contribution in [3.8, 4) is 11.4 Å². The smallest absolute Gasteiger partial charge is 0.262 e. The molecule has 0 aliphatic carbocycles. The summed E-state index contributed by atoms with van der Waals surface area (Å²) in [6.07, 6.45) is 0.954. The summed E-state index contributed by atoms with van der Waals surface area (Å²) >= 11 is 0. The Morgan fingerprint density at radius 2 is 1.84 bits per heavy atom. The first-order valence-corrected chi connectivity index (χ1v) is 12.9. The molecular formula is C28H35F2N5O3. The second-order valence-electron chi connectivity index (χ2n) is 10.5. The van der Waals surface area contributed by atoms with Gasteiger partial charge < -0.3 is 15.0 Å². The minimum Gasteiger partial charge on any atom is -0.370 e. The molecule has 2 heterocycles. The third-order valence-electron chi connectivity index (χ3n) is 6.36.